The molecule has 68 valence electrons. The summed E-state index contributed by atoms with van der Waals surface area (Å²) in [5.74, 6) is 1.51. The first kappa shape index (κ1) is 8.57. The lowest BCUT2D eigenvalue weighted by Gasteiger charge is -2.12. The van der Waals surface area contributed by atoms with Gasteiger partial charge in [0.15, 0.2) is 5.78 Å². The number of carbonyl (C=O) groups excluding carboxylic acids is 1. The second-order valence-electron chi connectivity index (χ2n) is 3.41. The van der Waals surface area contributed by atoms with Gasteiger partial charge in [-0.3, -0.25) is 4.79 Å². The molecule has 3 heteroatoms. The highest BCUT2D eigenvalue weighted by atomic mass is 32.2. The van der Waals surface area contributed by atoms with E-state index < -0.39 is 0 Å². The van der Waals surface area contributed by atoms with Crippen LogP contribution in [-0.2, 0) is 9.53 Å². The third-order valence-electron chi connectivity index (χ3n) is 2.49. The Balaban J connectivity index is 1.89. The Bertz CT molecular complexity index is 151. The number of hydrogen-bond donors (Lipinski definition) is 0. The highest BCUT2D eigenvalue weighted by Crippen LogP contribution is 2.30. The van der Waals surface area contributed by atoms with Gasteiger partial charge in [-0.25, -0.2) is 0 Å². The number of Topliss-reactive ketones (excluding diaryl/α,β-unsaturated/α-hetero) is 1. The van der Waals surface area contributed by atoms with Gasteiger partial charge < -0.3 is 4.74 Å². The van der Waals surface area contributed by atoms with Crippen molar-refractivity contribution in [1.82, 2.24) is 0 Å². The molecule has 2 aliphatic rings. The molecular formula is C9H14O2S. The van der Waals surface area contributed by atoms with Crippen molar-refractivity contribution in [1.29, 1.82) is 0 Å². The second kappa shape index (κ2) is 3.79. The van der Waals surface area contributed by atoms with Crippen LogP contribution in [0.3, 0.4) is 0 Å². The Kier molecular flexibility index (Phi) is 2.71. The molecular weight excluding hydrogens is 172 g/mol. The van der Waals surface area contributed by atoms with Crippen LogP contribution in [0.25, 0.3) is 0 Å². The van der Waals surface area contributed by atoms with Crippen LogP contribution >= 0.6 is 11.8 Å². The highest BCUT2D eigenvalue weighted by Gasteiger charge is 2.32. The molecule has 2 unspecified atom stereocenters. The molecule has 0 N–H and O–H groups in total. The van der Waals surface area contributed by atoms with Gasteiger partial charge in [0, 0.05) is 6.61 Å². The van der Waals surface area contributed by atoms with Gasteiger partial charge in [0.05, 0.1) is 5.25 Å². The average Bonchev–Trinajstić information content (AvgIpc) is 2.77. The summed E-state index contributed by atoms with van der Waals surface area (Å²) in [6, 6.07) is 0. The van der Waals surface area contributed by atoms with Crippen LogP contribution in [0.2, 0.25) is 0 Å². The summed E-state index contributed by atoms with van der Waals surface area (Å²) in [5, 5.41) is 0.257. The molecule has 2 nitrogen and oxygen atoms in total. The van der Waals surface area contributed by atoms with Gasteiger partial charge in [0.2, 0.25) is 0 Å². The molecule has 0 aromatic carbocycles. The third-order valence-corrected chi connectivity index (χ3v) is 3.89. The van der Waals surface area contributed by atoms with E-state index in [1.807, 2.05) is 11.8 Å². The fourth-order valence-electron chi connectivity index (χ4n) is 1.81. The summed E-state index contributed by atoms with van der Waals surface area (Å²) in [6.07, 6.45) is 4.24. The predicted octanol–water partition coefficient (Wildman–Crippen LogP) is 1.63. The van der Waals surface area contributed by atoms with Crippen molar-refractivity contribution in [3.8, 4) is 0 Å². The molecule has 0 aliphatic carbocycles. The fourth-order valence-corrected chi connectivity index (χ4v) is 3.08. The summed E-state index contributed by atoms with van der Waals surface area (Å²) >= 11 is 1.81. The Morgan fingerprint density at radius 1 is 1.33 bits per heavy atom. The summed E-state index contributed by atoms with van der Waals surface area (Å²) in [6.45, 7) is 0.786. The zero-order valence-corrected chi connectivity index (χ0v) is 7.94. The number of ketones is 1. The van der Waals surface area contributed by atoms with E-state index in [4.69, 9.17) is 4.74 Å². The third kappa shape index (κ3) is 1.67. The van der Waals surface area contributed by atoms with E-state index in [0.717, 1.165) is 31.6 Å². The van der Waals surface area contributed by atoms with E-state index in [1.54, 1.807) is 0 Å². The Morgan fingerprint density at radius 2 is 2.25 bits per heavy atom. The van der Waals surface area contributed by atoms with Crippen LogP contribution in [0.15, 0.2) is 0 Å². The lowest BCUT2D eigenvalue weighted by atomic mass is 10.1. The van der Waals surface area contributed by atoms with Crippen LogP contribution in [0.1, 0.15) is 25.7 Å². The first-order chi connectivity index (χ1) is 5.88. The number of thioether (sulfide) groups is 1. The topological polar surface area (TPSA) is 26.3 Å². The van der Waals surface area contributed by atoms with Crippen LogP contribution < -0.4 is 0 Å². The molecule has 0 aromatic heterocycles. The van der Waals surface area contributed by atoms with Crippen molar-refractivity contribution in [3.63, 3.8) is 0 Å². The molecule has 2 saturated heterocycles. The first-order valence-corrected chi connectivity index (χ1v) is 5.70. The largest absolute Gasteiger partial charge is 0.370 e. The standard InChI is InChI=1S/C9H14O2S/c10-9(7-3-1-5-11-7)8-4-2-6-12-8/h7-8H,1-6H2. The molecule has 0 aromatic rings. The van der Waals surface area contributed by atoms with Crippen molar-refractivity contribution in [2.75, 3.05) is 12.4 Å². The minimum absolute atomic E-state index is 0.0550. The van der Waals surface area contributed by atoms with E-state index in [9.17, 15) is 4.79 Å². The van der Waals surface area contributed by atoms with Crippen molar-refractivity contribution in [2.45, 2.75) is 37.0 Å². The number of hydrogen-bond acceptors (Lipinski definition) is 3. The van der Waals surface area contributed by atoms with Gasteiger partial charge in [-0.15, -0.1) is 0 Å². The van der Waals surface area contributed by atoms with Gasteiger partial charge in [-0.05, 0) is 31.4 Å². The zero-order chi connectivity index (χ0) is 8.39. The van der Waals surface area contributed by atoms with Gasteiger partial charge in [-0.2, -0.15) is 11.8 Å². The number of ether oxygens (including phenoxy) is 1. The molecule has 2 fully saturated rings. The first-order valence-electron chi connectivity index (χ1n) is 4.65. The molecule has 0 saturated carbocycles. The zero-order valence-electron chi connectivity index (χ0n) is 7.12. The molecule has 12 heavy (non-hydrogen) atoms. The maximum Gasteiger partial charge on any atom is 0.174 e. The van der Waals surface area contributed by atoms with Crippen LogP contribution in [0, 0.1) is 0 Å². The minimum atomic E-state index is -0.0550. The molecule has 2 aliphatic heterocycles. The molecule has 0 amide bonds. The summed E-state index contributed by atoms with van der Waals surface area (Å²) in [5.41, 5.74) is 0. The summed E-state index contributed by atoms with van der Waals surface area (Å²) in [4.78, 5) is 11.7. The molecule has 0 radical (unpaired) electrons. The highest BCUT2D eigenvalue weighted by molar-refractivity contribution is 8.00. The van der Waals surface area contributed by atoms with E-state index in [1.165, 1.54) is 6.42 Å². The maximum atomic E-state index is 11.7. The predicted molar refractivity (Wildman–Crippen MR) is 49.5 cm³/mol. The smallest absolute Gasteiger partial charge is 0.174 e. The van der Waals surface area contributed by atoms with Crippen LogP contribution in [0.4, 0.5) is 0 Å². The van der Waals surface area contributed by atoms with Crippen LogP contribution in [-0.4, -0.2) is 29.5 Å². The van der Waals surface area contributed by atoms with Gasteiger partial charge in [-0.1, -0.05) is 0 Å². The quantitative estimate of drug-likeness (QED) is 0.655. The normalized spacial score (nSPS) is 35.7. The molecule has 0 bridgehead atoms. The van der Waals surface area contributed by atoms with E-state index in [2.05, 4.69) is 0 Å². The van der Waals surface area contributed by atoms with Crippen molar-refractivity contribution >= 4 is 17.5 Å². The lowest BCUT2D eigenvalue weighted by Crippen LogP contribution is -2.27. The van der Waals surface area contributed by atoms with E-state index >= 15 is 0 Å². The molecule has 2 heterocycles. The van der Waals surface area contributed by atoms with Crippen LogP contribution in [0.5, 0.6) is 0 Å². The molecule has 2 rings (SSSR count). The van der Waals surface area contributed by atoms with Gasteiger partial charge in [0.25, 0.3) is 0 Å². The maximum absolute atomic E-state index is 11.7. The Morgan fingerprint density at radius 3 is 2.83 bits per heavy atom. The van der Waals surface area contributed by atoms with E-state index in [-0.39, 0.29) is 11.4 Å². The molecule has 0 spiro atoms. The average molecular weight is 186 g/mol. The van der Waals surface area contributed by atoms with Gasteiger partial charge >= 0.3 is 0 Å². The Hall–Kier alpha value is -0.0200. The number of rotatable bonds is 2. The van der Waals surface area contributed by atoms with Crippen molar-refractivity contribution < 1.29 is 9.53 Å². The molecule has 2 atom stereocenters. The minimum Gasteiger partial charge on any atom is -0.370 e. The fraction of sp³-hybridized carbons (Fsp3) is 0.889. The summed E-state index contributed by atoms with van der Waals surface area (Å²) < 4.78 is 5.36. The van der Waals surface area contributed by atoms with Crippen molar-refractivity contribution in [3.05, 3.63) is 0 Å². The van der Waals surface area contributed by atoms with Gasteiger partial charge in [0.1, 0.15) is 6.10 Å². The Labute approximate surface area is 77.0 Å². The van der Waals surface area contributed by atoms with E-state index in [0.29, 0.717) is 5.78 Å². The summed E-state index contributed by atoms with van der Waals surface area (Å²) in [7, 11) is 0. The number of carbonyl (C=O) groups is 1. The second-order valence-corrected chi connectivity index (χ2v) is 4.72. The monoisotopic (exact) mass is 186 g/mol. The SMILES string of the molecule is O=C(C1CCCO1)C1CCCS1. The lowest BCUT2D eigenvalue weighted by molar-refractivity contribution is -0.127. The van der Waals surface area contributed by atoms with Crippen molar-refractivity contribution in [2.24, 2.45) is 0 Å².